The number of carbonyl (C=O) groups is 2. The minimum Gasteiger partial charge on any atom is -0.508 e. The van der Waals surface area contributed by atoms with E-state index in [4.69, 9.17) is 20.6 Å². The third-order valence-electron chi connectivity index (χ3n) is 4.44. The SMILES string of the molecule is COC(=O)C(NC(=O)c1ccc(C(O)C=Cc2cccc(O)c2)cc1Cl)P(=O)(OC)OC. The first kappa shape index (κ1) is 25.6. The fourth-order valence-electron chi connectivity index (χ4n) is 2.71. The minimum absolute atomic E-state index is 0.0157. The van der Waals surface area contributed by atoms with Crippen molar-refractivity contribution in [2.75, 3.05) is 21.3 Å². The van der Waals surface area contributed by atoms with E-state index in [1.54, 1.807) is 18.2 Å². The van der Waals surface area contributed by atoms with Crippen LogP contribution in [-0.2, 0) is 23.1 Å². The summed E-state index contributed by atoms with van der Waals surface area (Å²) >= 11 is 6.21. The number of phenols is 1. The normalized spacial score (nSPS) is 13.5. The van der Waals surface area contributed by atoms with Crippen LogP contribution in [0.25, 0.3) is 6.08 Å². The predicted molar refractivity (Wildman–Crippen MR) is 118 cm³/mol. The zero-order valence-corrected chi connectivity index (χ0v) is 19.2. The topological polar surface area (TPSA) is 131 Å². The second-order valence-corrected chi connectivity index (χ2v) is 9.18. The van der Waals surface area contributed by atoms with Gasteiger partial charge in [0.15, 0.2) is 0 Å². The number of hydrogen-bond acceptors (Lipinski definition) is 8. The summed E-state index contributed by atoms with van der Waals surface area (Å²) in [4.78, 5) is 24.7. The molecule has 0 radical (unpaired) electrons. The highest BCUT2D eigenvalue weighted by Crippen LogP contribution is 2.51. The molecule has 3 N–H and O–H groups in total. The van der Waals surface area contributed by atoms with Crippen LogP contribution in [0.4, 0.5) is 0 Å². The second-order valence-electron chi connectivity index (χ2n) is 6.44. The Labute approximate surface area is 190 Å². The molecule has 9 nitrogen and oxygen atoms in total. The van der Waals surface area contributed by atoms with Crippen LogP contribution in [-0.4, -0.2) is 49.2 Å². The van der Waals surface area contributed by atoms with Crippen molar-refractivity contribution in [1.82, 2.24) is 5.32 Å². The Morgan fingerprint density at radius 2 is 1.81 bits per heavy atom. The van der Waals surface area contributed by atoms with Crippen molar-refractivity contribution in [3.05, 3.63) is 70.3 Å². The highest BCUT2D eigenvalue weighted by Gasteiger charge is 2.42. The van der Waals surface area contributed by atoms with Crippen molar-refractivity contribution in [3.8, 4) is 5.75 Å². The summed E-state index contributed by atoms with van der Waals surface area (Å²) in [6.45, 7) is 0. The monoisotopic (exact) mass is 483 g/mol. The standard InChI is InChI=1S/C21H23ClNO8P/c1-29-21(27)20(32(28,30-2)31-3)23-19(26)16-9-8-14(12-17(16)22)18(25)10-7-13-5-4-6-15(24)11-13/h4-12,18,20,24-25H,1-3H3,(H,23,26). The van der Waals surface area contributed by atoms with Crippen LogP contribution < -0.4 is 5.32 Å². The molecule has 2 unspecified atom stereocenters. The van der Waals surface area contributed by atoms with E-state index in [1.807, 2.05) is 0 Å². The number of aromatic hydroxyl groups is 1. The van der Waals surface area contributed by atoms with Crippen molar-refractivity contribution in [2.24, 2.45) is 0 Å². The Bertz CT molecular complexity index is 1050. The van der Waals surface area contributed by atoms with Crippen LogP contribution in [0.1, 0.15) is 27.6 Å². The molecule has 0 aromatic heterocycles. The van der Waals surface area contributed by atoms with E-state index in [-0.39, 0.29) is 16.3 Å². The molecule has 11 heteroatoms. The zero-order chi connectivity index (χ0) is 23.9. The molecule has 0 fully saturated rings. The number of halogens is 1. The number of methoxy groups -OCH3 is 1. The number of carbonyl (C=O) groups excluding carboxylic acids is 2. The van der Waals surface area contributed by atoms with Crippen molar-refractivity contribution >= 4 is 37.1 Å². The van der Waals surface area contributed by atoms with Gasteiger partial charge in [0.2, 0.25) is 5.78 Å². The molecule has 0 aliphatic carbocycles. The summed E-state index contributed by atoms with van der Waals surface area (Å²) in [5.74, 6) is -3.46. The Kier molecular flexibility index (Phi) is 9.00. The highest BCUT2D eigenvalue weighted by atomic mass is 35.5. The van der Waals surface area contributed by atoms with E-state index in [2.05, 4.69) is 10.1 Å². The van der Waals surface area contributed by atoms with E-state index in [9.17, 15) is 24.4 Å². The second kappa shape index (κ2) is 11.3. The number of benzene rings is 2. The molecule has 2 atom stereocenters. The van der Waals surface area contributed by atoms with Gasteiger partial charge in [-0.05, 0) is 35.4 Å². The van der Waals surface area contributed by atoms with Gasteiger partial charge in [-0.2, -0.15) is 0 Å². The average Bonchev–Trinajstić information content (AvgIpc) is 2.79. The summed E-state index contributed by atoms with van der Waals surface area (Å²) in [5.41, 5.74) is 1.04. The molecule has 0 saturated carbocycles. The Morgan fingerprint density at radius 3 is 2.38 bits per heavy atom. The van der Waals surface area contributed by atoms with Gasteiger partial charge < -0.3 is 29.3 Å². The van der Waals surface area contributed by atoms with Gasteiger partial charge in [0.05, 0.1) is 23.8 Å². The molecule has 2 rings (SSSR count). The van der Waals surface area contributed by atoms with Gasteiger partial charge in [-0.15, -0.1) is 0 Å². The van der Waals surface area contributed by atoms with Crippen molar-refractivity contribution in [2.45, 2.75) is 11.9 Å². The van der Waals surface area contributed by atoms with Crippen LogP contribution in [0.5, 0.6) is 5.75 Å². The maximum Gasteiger partial charge on any atom is 0.363 e. The molecule has 0 bridgehead atoms. The number of nitrogens with one attached hydrogen (secondary N) is 1. The van der Waals surface area contributed by atoms with E-state index >= 15 is 0 Å². The maximum atomic E-state index is 12.7. The molecule has 0 aliphatic rings. The number of hydrogen-bond donors (Lipinski definition) is 3. The van der Waals surface area contributed by atoms with Crippen molar-refractivity contribution in [1.29, 1.82) is 0 Å². The van der Waals surface area contributed by atoms with Crippen LogP contribution in [0.3, 0.4) is 0 Å². The van der Waals surface area contributed by atoms with E-state index < -0.39 is 31.4 Å². The third kappa shape index (κ3) is 6.18. The first-order valence-corrected chi connectivity index (χ1v) is 11.2. The molecule has 32 heavy (non-hydrogen) atoms. The van der Waals surface area contributed by atoms with Crippen LogP contribution in [0.2, 0.25) is 5.02 Å². The van der Waals surface area contributed by atoms with Crippen molar-refractivity contribution < 1.29 is 38.2 Å². The minimum atomic E-state index is -4.04. The summed E-state index contributed by atoms with van der Waals surface area (Å²) in [5, 5.41) is 22.1. The van der Waals surface area contributed by atoms with Gasteiger partial charge in [-0.25, -0.2) is 4.79 Å². The number of phenolic OH excluding ortho intramolecular Hbond substituents is 1. The quantitative estimate of drug-likeness (QED) is 0.365. The lowest BCUT2D eigenvalue weighted by Gasteiger charge is -2.23. The summed E-state index contributed by atoms with van der Waals surface area (Å²) in [6.07, 6.45) is 2.06. The van der Waals surface area contributed by atoms with Crippen LogP contribution in [0, 0.1) is 0 Å². The van der Waals surface area contributed by atoms with Gasteiger partial charge in [0.25, 0.3) is 5.91 Å². The van der Waals surface area contributed by atoms with Gasteiger partial charge in [-0.1, -0.05) is 42.0 Å². The summed E-state index contributed by atoms with van der Waals surface area (Å²) < 4.78 is 26.8. The molecular formula is C21H23ClNO8P. The van der Waals surface area contributed by atoms with Crippen LogP contribution in [0.15, 0.2) is 48.5 Å². The maximum absolute atomic E-state index is 12.7. The lowest BCUT2D eigenvalue weighted by atomic mass is 10.0. The number of ether oxygens (including phenoxy) is 1. The fraction of sp³-hybridized carbons (Fsp3) is 0.238. The first-order chi connectivity index (χ1) is 15.1. The molecule has 0 saturated heterocycles. The molecule has 0 heterocycles. The molecule has 172 valence electrons. The van der Waals surface area contributed by atoms with E-state index in [0.29, 0.717) is 11.1 Å². The number of aliphatic hydroxyl groups excluding tert-OH is 1. The molecule has 2 aromatic rings. The van der Waals surface area contributed by atoms with Gasteiger partial charge in [0.1, 0.15) is 5.75 Å². The average molecular weight is 484 g/mol. The largest absolute Gasteiger partial charge is 0.508 e. The highest BCUT2D eigenvalue weighted by molar-refractivity contribution is 7.55. The van der Waals surface area contributed by atoms with Crippen molar-refractivity contribution in [3.63, 3.8) is 0 Å². The fourth-order valence-corrected chi connectivity index (χ4v) is 4.19. The smallest absolute Gasteiger partial charge is 0.363 e. The Morgan fingerprint density at radius 1 is 1.12 bits per heavy atom. The van der Waals surface area contributed by atoms with E-state index in [0.717, 1.165) is 21.3 Å². The predicted octanol–water partition coefficient (Wildman–Crippen LogP) is 3.51. The third-order valence-corrected chi connectivity index (χ3v) is 6.74. The van der Waals surface area contributed by atoms with Gasteiger partial charge >= 0.3 is 13.6 Å². The first-order valence-electron chi connectivity index (χ1n) is 9.19. The Hall–Kier alpha value is -2.68. The van der Waals surface area contributed by atoms with Crippen LogP contribution >= 0.6 is 19.2 Å². The number of amides is 1. The summed E-state index contributed by atoms with van der Waals surface area (Å²) in [7, 11) is -0.838. The molecular weight excluding hydrogens is 461 g/mol. The molecule has 0 spiro atoms. The molecule has 0 aliphatic heterocycles. The Balaban J connectivity index is 2.21. The van der Waals surface area contributed by atoms with E-state index in [1.165, 1.54) is 36.4 Å². The number of rotatable bonds is 9. The number of esters is 1. The number of aliphatic hydroxyl groups is 1. The molecule has 2 aromatic carbocycles. The van der Waals surface area contributed by atoms with Gasteiger partial charge in [0, 0.05) is 14.2 Å². The lowest BCUT2D eigenvalue weighted by molar-refractivity contribution is -0.141. The van der Waals surface area contributed by atoms with Gasteiger partial charge in [-0.3, -0.25) is 9.36 Å². The molecule has 1 amide bonds. The summed E-state index contributed by atoms with van der Waals surface area (Å²) in [6, 6.07) is 10.7. The zero-order valence-electron chi connectivity index (χ0n) is 17.5. The lowest BCUT2D eigenvalue weighted by Crippen LogP contribution is -2.42.